The predicted octanol–water partition coefficient (Wildman–Crippen LogP) is 5.31. The largest absolute Gasteiger partial charge is 1.00 e. The van der Waals surface area contributed by atoms with Crippen molar-refractivity contribution in [2.45, 2.75) is 118 Å². The van der Waals surface area contributed by atoms with E-state index < -0.39 is 0 Å². The van der Waals surface area contributed by atoms with Crippen LogP contribution in [-0.4, -0.2) is 0 Å². The predicted molar refractivity (Wildman–Crippen MR) is 182 cm³/mol. The molecule has 4 aromatic carbocycles. The summed E-state index contributed by atoms with van der Waals surface area (Å²) in [5, 5.41) is 0. The quantitative estimate of drug-likeness (QED) is 0.172. The monoisotopic (exact) mass is 568 g/mol. The summed E-state index contributed by atoms with van der Waals surface area (Å²) in [7, 11) is 0. The van der Waals surface area contributed by atoms with E-state index in [2.05, 4.69) is 156 Å². The van der Waals surface area contributed by atoms with Crippen LogP contribution in [0.15, 0.2) is 60.7 Å². The van der Waals surface area contributed by atoms with Gasteiger partial charge >= 0.3 is 37.7 Å². The first-order valence-electron chi connectivity index (χ1n) is 15.7. The maximum Gasteiger partial charge on any atom is 1.00 e. The smallest absolute Gasteiger partial charge is 0.179 e. The van der Waals surface area contributed by atoms with E-state index in [1.54, 1.807) is 0 Å². The van der Waals surface area contributed by atoms with Crippen molar-refractivity contribution in [1.29, 1.82) is 0 Å². The molecule has 4 aromatic rings. The van der Waals surface area contributed by atoms with E-state index in [9.17, 15) is 0 Å². The fourth-order valence-electron chi connectivity index (χ4n) is 5.97. The Labute approximate surface area is 293 Å². The van der Waals surface area contributed by atoms with Crippen molar-refractivity contribution in [2.75, 3.05) is 0 Å². The molecule has 0 spiro atoms. The van der Waals surface area contributed by atoms with Crippen molar-refractivity contribution in [3.63, 3.8) is 0 Å². The van der Waals surface area contributed by atoms with Crippen LogP contribution in [0, 0.1) is 12.1 Å². The Balaban J connectivity index is 0.000000230. The number of benzene rings is 4. The second-order valence-electron chi connectivity index (χ2n) is 16.7. The van der Waals surface area contributed by atoms with Gasteiger partial charge in [0.15, 0.2) is 0 Å². The molecule has 2 aliphatic carbocycles. The molecule has 0 saturated heterocycles. The van der Waals surface area contributed by atoms with Crippen LogP contribution >= 0.6 is 0 Å². The van der Waals surface area contributed by atoms with Crippen LogP contribution in [0.3, 0.4) is 0 Å². The number of fused-ring (bicyclic) bond motifs is 6. The van der Waals surface area contributed by atoms with Gasteiger partial charge in [-0.05, 0) is 34.8 Å². The summed E-state index contributed by atoms with van der Waals surface area (Å²) in [5.74, 6) is 0. The minimum atomic E-state index is 0. The molecule has 0 aliphatic heterocycles. The zero-order chi connectivity index (χ0) is 30.8. The Morgan fingerprint density at radius 2 is 0.705 bits per heavy atom. The molecule has 0 N–H and O–H groups in total. The molecule has 0 amide bonds. The Bertz CT molecular complexity index is 1400. The van der Waals surface area contributed by atoms with E-state index in [1.165, 1.54) is 66.8 Å². The van der Waals surface area contributed by atoms with Gasteiger partial charge in [0.1, 0.15) is 0 Å². The van der Waals surface area contributed by atoms with Crippen LogP contribution < -0.4 is 37.7 Å². The summed E-state index contributed by atoms with van der Waals surface area (Å²) in [4.78, 5) is 0. The van der Waals surface area contributed by atoms with E-state index in [-0.39, 0.29) is 59.4 Å². The van der Waals surface area contributed by atoms with Gasteiger partial charge in [-0.25, -0.2) is 0 Å². The average molecular weight is 569 g/mol. The van der Waals surface area contributed by atoms with Crippen molar-refractivity contribution in [2.24, 2.45) is 0 Å². The van der Waals surface area contributed by atoms with Gasteiger partial charge in [-0.1, -0.05) is 153 Å². The van der Waals surface area contributed by atoms with Gasteiger partial charge in [0.2, 0.25) is 0 Å². The van der Waals surface area contributed by atoms with E-state index >= 15 is 0 Å². The van der Waals surface area contributed by atoms with Crippen LogP contribution in [0.5, 0.6) is 0 Å². The second kappa shape index (κ2) is 12.7. The molecule has 0 atom stereocenters. The fraction of sp³-hybridized carbons (Fsp3) is 0.429. The van der Waals surface area contributed by atoms with Gasteiger partial charge in [0.05, 0.1) is 0 Å². The van der Waals surface area contributed by atoms with Crippen LogP contribution in [0.25, 0.3) is 22.3 Å². The molecule has 2 aliphatic rings. The summed E-state index contributed by atoms with van der Waals surface area (Å²) >= 11 is 0. The zero-order valence-electron chi connectivity index (χ0n) is 30.2. The molecule has 0 nitrogen and oxygen atoms in total. The van der Waals surface area contributed by atoms with E-state index in [4.69, 9.17) is 0 Å². The Morgan fingerprint density at radius 3 is 1.00 bits per heavy atom. The minimum Gasteiger partial charge on any atom is -0.179 e. The SMILES string of the molecule is CC(C)(C)c1c[c-]c2c(c1)-c1cc(C(C)(C)C)ccc1C2.CC(C)(C)c1c[c-]c2c(c1)-c1cc(C(C)(C)C)ccc1C2.[Li+].[Li+]. The fourth-order valence-corrected chi connectivity index (χ4v) is 5.97. The van der Waals surface area contributed by atoms with E-state index in [1.807, 2.05) is 0 Å². The molecule has 0 heterocycles. The van der Waals surface area contributed by atoms with Gasteiger partial charge in [-0.2, -0.15) is 58.7 Å². The molecule has 220 valence electrons. The van der Waals surface area contributed by atoms with E-state index in [0.717, 1.165) is 12.8 Å². The van der Waals surface area contributed by atoms with Crippen LogP contribution in [0.1, 0.15) is 128 Å². The molecule has 44 heavy (non-hydrogen) atoms. The summed E-state index contributed by atoms with van der Waals surface area (Å²) in [5.41, 5.74) is 17.5. The third-order valence-electron chi connectivity index (χ3n) is 9.05. The molecule has 0 saturated carbocycles. The van der Waals surface area contributed by atoms with Gasteiger partial charge in [-0.3, -0.25) is 0 Å². The second-order valence-corrected chi connectivity index (χ2v) is 16.7. The normalized spacial score (nSPS) is 13.4. The third-order valence-corrected chi connectivity index (χ3v) is 9.05. The first-order chi connectivity index (χ1) is 19.3. The van der Waals surface area contributed by atoms with Gasteiger partial charge < -0.3 is 0 Å². The standard InChI is InChI=1S/2C21H25.2Li/c2*1-20(2,3)16-9-7-14-11-15-8-10-17(21(4,5)6)13-19(15)18(14)12-16;;/h2*7,9-10,12-13H,11H2,1-6H3;;/q2*-1;2*+1. The number of hydrogen-bond acceptors (Lipinski definition) is 0. The third kappa shape index (κ3) is 7.54. The summed E-state index contributed by atoms with van der Waals surface area (Å²) in [6.45, 7) is 27.3. The summed E-state index contributed by atoms with van der Waals surface area (Å²) in [6.07, 6.45) is 2.05. The molecule has 0 bridgehead atoms. The Kier molecular flexibility index (Phi) is 10.5. The van der Waals surface area contributed by atoms with Crippen molar-refractivity contribution in [1.82, 2.24) is 0 Å². The number of hydrogen-bond donors (Lipinski definition) is 0. The molecule has 0 aromatic heterocycles. The first kappa shape index (κ1) is 36.5. The maximum atomic E-state index is 3.53. The Hall–Kier alpha value is -1.93. The molecule has 0 fully saturated rings. The zero-order valence-corrected chi connectivity index (χ0v) is 30.2. The Morgan fingerprint density at radius 1 is 0.409 bits per heavy atom. The van der Waals surface area contributed by atoms with Crippen LogP contribution in [0.4, 0.5) is 0 Å². The molecular weight excluding hydrogens is 518 g/mol. The van der Waals surface area contributed by atoms with Crippen LogP contribution in [0.2, 0.25) is 0 Å². The molecule has 6 rings (SSSR count). The summed E-state index contributed by atoms with van der Waals surface area (Å²) < 4.78 is 0. The minimum absolute atomic E-state index is 0. The topological polar surface area (TPSA) is 0 Å². The van der Waals surface area contributed by atoms with E-state index in [0.29, 0.717) is 0 Å². The molecule has 2 heteroatoms. The first-order valence-corrected chi connectivity index (χ1v) is 15.7. The summed E-state index contributed by atoms with van der Waals surface area (Å²) in [6, 6.07) is 30.1. The average Bonchev–Trinajstić information content (AvgIpc) is 3.43. The van der Waals surface area contributed by atoms with Crippen molar-refractivity contribution in [3.05, 3.63) is 117 Å². The van der Waals surface area contributed by atoms with Crippen LogP contribution in [-0.2, 0) is 34.5 Å². The van der Waals surface area contributed by atoms with Crippen molar-refractivity contribution >= 4 is 0 Å². The van der Waals surface area contributed by atoms with Gasteiger partial charge in [-0.15, -0.1) is 11.1 Å². The van der Waals surface area contributed by atoms with Crippen molar-refractivity contribution in [3.8, 4) is 22.3 Å². The van der Waals surface area contributed by atoms with Gasteiger partial charge in [0.25, 0.3) is 0 Å². The number of rotatable bonds is 0. The van der Waals surface area contributed by atoms with Gasteiger partial charge in [0, 0.05) is 0 Å². The maximum absolute atomic E-state index is 3.53. The molecule has 0 unspecified atom stereocenters. The van der Waals surface area contributed by atoms with Crippen molar-refractivity contribution < 1.29 is 37.7 Å². The molecular formula is C42H50Li2. The molecule has 0 radical (unpaired) electrons.